The lowest BCUT2D eigenvalue weighted by molar-refractivity contribution is 0.979. The Hall–Kier alpha value is -1.32. The van der Waals surface area contributed by atoms with Gasteiger partial charge in [0.15, 0.2) is 0 Å². The van der Waals surface area contributed by atoms with Gasteiger partial charge in [0, 0.05) is 10.2 Å². The summed E-state index contributed by atoms with van der Waals surface area (Å²) in [7, 11) is 0. The van der Waals surface area contributed by atoms with Crippen LogP contribution in [0.4, 0.5) is 0 Å². The molecule has 2 aromatic carbocycles. The standard InChI is InChI=1S/C16H14BrClN2/c1-2-11-3-6-13(7-4-11)20-15-8-5-12(17)9-14(15)19-16(20)10-18/h3-9H,2,10H2,1H3. The predicted octanol–water partition coefficient (Wildman–Crippen LogP) is 5.09. The lowest BCUT2D eigenvalue weighted by Crippen LogP contribution is -1.99. The largest absolute Gasteiger partial charge is 0.295 e. The third-order valence-corrected chi connectivity index (χ3v) is 4.14. The van der Waals surface area contributed by atoms with Crippen LogP contribution in [0.25, 0.3) is 16.7 Å². The van der Waals surface area contributed by atoms with E-state index in [1.54, 1.807) is 0 Å². The van der Waals surface area contributed by atoms with Gasteiger partial charge in [-0.3, -0.25) is 4.57 Å². The summed E-state index contributed by atoms with van der Waals surface area (Å²) in [6.07, 6.45) is 1.04. The number of nitrogens with zero attached hydrogens (tertiary/aromatic N) is 2. The minimum Gasteiger partial charge on any atom is -0.295 e. The number of hydrogen-bond acceptors (Lipinski definition) is 1. The fourth-order valence-corrected chi connectivity index (χ4v) is 2.89. The summed E-state index contributed by atoms with van der Waals surface area (Å²) in [6, 6.07) is 14.7. The molecule has 0 atom stereocenters. The van der Waals surface area contributed by atoms with Gasteiger partial charge in [0.25, 0.3) is 0 Å². The molecule has 0 saturated carbocycles. The topological polar surface area (TPSA) is 17.8 Å². The number of benzene rings is 2. The highest BCUT2D eigenvalue weighted by molar-refractivity contribution is 9.10. The van der Waals surface area contributed by atoms with Crippen molar-refractivity contribution in [1.82, 2.24) is 9.55 Å². The molecule has 0 bridgehead atoms. The molecule has 1 aromatic heterocycles. The number of alkyl halides is 1. The Labute approximate surface area is 131 Å². The third kappa shape index (κ3) is 2.36. The molecule has 102 valence electrons. The van der Waals surface area contributed by atoms with Crippen LogP contribution in [-0.4, -0.2) is 9.55 Å². The molecule has 0 N–H and O–H groups in total. The van der Waals surface area contributed by atoms with Crippen molar-refractivity contribution in [2.24, 2.45) is 0 Å². The van der Waals surface area contributed by atoms with E-state index in [-0.39, 0.29) is 0 Å². The zero-order valence-corrected chi connectivity index (χ0v) is 13.4. The fraction of sp³-hybridized carbons (Fsp3) is 0.188. The van der Waals surface area contributed by atoms with Crippen molar-refractivity contribution in [2.75, 3.05) is 0 Å². The molecule has 0 aliphatic carbocycles. The summed E-state index contributed by atoms with van der Waals surface area (Å²) >= 11 is 9.54. The first kappa shape index (κ1) is 13.7. The Balaban J connectivity index is 2.22. The summed E-state index contributed by atoms with van der Waals surface area (Å²) in [5, 5.41) is 0. The highest BCUT2D eigenvalue weighted by Gasteiger charge is 2.11. The first-order valence-electron chi connectivity index (χ1n) is 6.55. The van der Waals surface area contributed by atoms with E-state index in [1.165, 1.54) is 5.56 Å². The van der Waals surface area contributed by atoms with Gasteiger partial charge in [0.2, 0.25) is 0 Å². The van der Waals surface area contributed by atoms with Gasteiger partial charge in [-0.25, -0.2) is 4.98 Å². The monoisotopic (exact) mass is 348 g/mol. The van der Waals surface area contributed by atoms with E-state index in [0.29, 0.717) is 5.88 Å². The zero-order valence-electron chi connectivity index (χ0n) is 11.1. The Morgan fingerprint density at radius 2 is 1.90 bits per heavy atom. The van der Waals surface area contributed by atoms with E-state index in [2.05, 4.69) is 62.7 Å². The van der Waals surface area contributed by atoms with Crippen LogP contribution in [0, 0.1) is 0 Å². The third-order valence-electron chi connectivity index (χ3n) is 3.41. The van der Waals surface area contributed by atoms with Crippen LogP contribution in [0.15, 0.2) is 46.9 Å². The molecule has 0 unspecified atom stereocenters. The van der Waals surface area contributed by atoms with Crippen molar-refractivity contribution in [3.63, 3.8) is 0 Å². The Kier molecular flexibility index (Phi) is 3.81. The van der Waals surface area contributed by atoms with E-state index in [1.807, 2.05) is 12.1 Å². The summed E-state index contributed by atoms with van der Waals surface area (Å²) in [5.74, 6) is 1.26. The molecule has 4 heteroatoms. The Bertz CT molecular complexity index is 747. The fourth-order valence-electron chi connectivity index (χ4n) is 2.36. The lowest BCUT2D eigenvalue weighted by atomic mass is 10.1. The van der Waals surface area contributed by atoms with Crippen LogP contribution in [0.5, 0.6) is 0 Å². The number of aromatic nitrogens is 2. The molecular formula is C16H14BrClN2. The van der Waals surface area contributed by atoms with Crippen molar-refractivity contribution in [1.29, 1.82) is 0 Å². The van der Waals surface area contributed by atoms with Gasteiger partial charge < -0.3 is 0 Å². The zero-order chi connectivity index (χ0) is 14.1. The second-order valence-corrected chi connectivity index (χ2v) is 5.83. The minimum absolute atomic E-state index is 0.391. The van der Waals surface area contributed by atoms with Gasteiger partial charge in [-0.1, -0.05) is 35.0 Å². The molecule has 20 heavy (non-hydrogen) atoms. The van der Waals surface area contributed by atoms with Crippen LogP contribution >= 0.6 is 27.5 Å². The molecule has 0 aliphatic heterocycles. The van der Waals surface area contributed by atoms with Crippen molar-refractivity contribution >= 4 is 38.6 Å². The number of aryl methyl sites for hydroxylation is 1. The average molecular weight is 350 g/mol. The number of imidazole rings is 1. The van der Waals surface area contributed by atoms with E-state index in [9.17, 15) is 0 Å². The normalized spacial score (nSPS) is 11.2. The van der Waals surface area contributed by atoms with Crippen LogP contribution < -0.4 is 0 Å². The lowest BCUT2D eigenvalue weighted by Gasteiger charge is -2.08. The molecule has 2 nitrogen and oxygen atoms in total. The highest BCUT2D eigenvalue weighted by Crippen LogP contribution is 2.25. The maximum absolute atomic E-state index is 6.06. The van der Waals surface area contributed by atoms with Crippen molar-refractivity contribution in [2.45, 2.75) is 19.2 Å². The maximum atomic E-state index is 6.06. The molecule has 3 rings (SSSR count). The van der Waals surface area contributed by atoms with Gasteiger partial charge >= 0.3 is 0 Å². The second-order valence-electron chi connectivity index (χ2n) is 4.65. The highest BCUT2D eigenvalue weighted by atomic mass is 79.9. The van der Waals surface area contributed by atoms with E-state index in [0.717, 1.165) is 33.4 Å². The van der Waals surface area contributed by atoms with Crippen molar-refractivity contribution in [3.8, 4) is 5.69 Å². The first-order chi connectivity index (χ1) is 9.72. The number of rotatable bonds is 3. The van der Waals surface area contributed by atoms with Gasteiger partial charge in [0.05, 0.1) is 16.9 Å². The molecule has 0 aliphatic rings. The molecule has 1 heterocycles. The molecular weight excluding hydrogens is 336 g/mol. The van der Waals surface area contributed by atoms with Gasteiger partial charge in [-0.2, -0.15) is 0 Å². The smallest absolute Gasteiger partial charge is 0.129 e. The van der Waals surface area contributed by atoms with E-state index >= 15 is 0 Å². The number of hydrogen-bond donors (Lipinski definition) is 0. The van der Waals surface area contributed by atoms with Crippen LogP contribution in [-0.2, 0) is 12.3 Å². The van der Waals surface area contributed by atoms with Crippen molar-refractivity contribution < 1.29 is 0 Å². The minimum atomic E-state index is 0.391. The quantitative estimate of drug-likeness (QED) is 0.602. The second kappa shape index (κ2) is 5.58. The van der Waals surface area contributed by atoms with Crippen LogP contribution in [0.2, 0.25) is 0 Å². The molecule has 0 radical (unpaired) electrons. The summed E-state index contributed by atoms with van der Waals surface area (Å²) in [6.45, 7) is 2.16. The molecule has 0 saturated heterocycles. The van der Waals surface area contributed by atoms with E-state index < -0.39 is 0 Å². The predicted molar refractivity (Wildman–Crippen MR) is 87.7 cm³/mol. The van der Waals surface area contributed by atoms with Gasteiger partial charge in [-0.15, -0.1) is 11.6 Å². The van der Waals surface area contributed by atoms with Gasteiger partial charge in [-0.05, 0) is 42.3 Å². The summed E-state index contributed by atoms with van der Waals surface area (Å²) in [5.41, 5.74) is 4.46. The van der Waals surface area contributed by atoms with Crippen LogP contribution in [0.1, 0.15) is 18.3 Å². The average Bonchev–Trinajstić information content (AvgIpc) is 2.84. The summed E-state index contributed by atoms with van der Waals surface area (Å²) in [4.78, 5) is 4.61. The number of halogens is 2. The molecule has 0 amide bonds. The Morgan fingerprint density at radius 3 is 2.55 bits per heavy atom. The summed E-state index contributed by atoms with van der Waals surface area (Å²) < 4.78 is 3.14. The van der Waals surface area contributed by atoms with Gasteiger partial charge in [0.1, 0.15) is 5.82 Å². The van der Waals surface area contributed by atoms with Crippen molar-refractivity contribution in [3.05, 3.63) is 58.3 Å². The Morgan fingerprint density at radius 1 is 1.15 bits per heavy atom. The maximum Gasteiger partial charge on any atom is 0.129 e. The van der Waals surface area contributed by atoms with E-state index in [4.69, 9.17) is 11.6 Å². The molecule has 0 fully saturated rings. The first-order valence-corrected chi connectivity index (χ1v) is 7.88. The molecule has 0 spiro atoms. The number of fused-ring (bicyclic) bond motifs is 1. The molecule has 3 aromatic rings. The SMILES string of the molecule is CCc1ccc(-n2c(CCl)nc3cc(Br)ccc32)cc1. The van der Waals surface area contributed by atoms with Crippen LogP contribution in [0.3, 0.4) is 0 Å².